The fourth-order valence-electron chi connectivity index (χ4n) is 4.01. The molecular weight excluding hydrogens is 234 g/mol. The van der Waals surface area contributed by atoms with Crippen LogP contribution in [0.3, 0.4) is 0 Å². The summed E-state index contributed by atoms with van der Waals surface area (Å²) in [4.78, 5) is 2.36. The maximum Gasteiger partial charge on any atom is 0.115 e. The van der Waals surface area contributed by atoms with E-state index in [0.717, 1.165) is 25.9 Å². The number of phenols is 1. The summed E-state index contributed by atoms with van der Waals surface area (Å²) in [6.45, 7) is 7.27. The summed E-state index contributed by atoms with van der Waals surface area (Å²) in [5.74, 6) is 0.840. The molecule has 1 fully saturated rings. The van der Waals surface area contributed by atoms with Gasteiger partial charge in [-0.2, -0.15) is 0 Å². The first-order chi connectivity index (χ1) is 9.95. The van der Waals surface area contributed by atoms with E-state index in [4.69, 9.17) is 2.74 Å². The van der Waals surface area contributed by atoms with Gasteiger partial charge < -0.3 is 5.11 Å². The molecule has 1 aliphatic carbocycles. The largest absolute Gasteiger partial charge is 0.508 e. The highest BCUT2D eigenvalue weighted by molar-refractivity contribution is 5.44. The number of nitrogens with zero attached hydrogens (tertiary/aromatic N) is 1. The van der Waals surface area contributed by atoms with Crippen LogP contribution in [0.15, 0.2) is 30.8 Å². The molecule has 102 valence electrons. The molecule has 1 aliphatic heterocycles. The van der Waals surface area contributed by atoms with Crippen molar-refractivity contribution in [3.63, 3.8) is 0 Å². The molecule has 1 aromatic carbocycles. The number of rotatable bonds is 2. The molecule has 2 aliphatic rings. The second-order valence-corrected chi connectivity index (χ2v) is 6.24. The van der Waals surface area contributed by atoms with Gasteiger partial charge in [-0.1, -0.05) is 26.0 Å². The molecule has 3 unspecified atom stereocenters. The molecule has 0 spiro atoms. The SMILES string of the molecule is [3H]C=C([3H])CN1CCC2(C)c3cc(O)ccc3CC1C2C. The fraction of sp³-hybridized carbons (Fsp3) is 0.529. The highest BCUT2D eigenvalue weighted by atomic mass is 16.3. The van der Waals surface area contributed by atoms with Gasteiger partial charge >= 0.3 is 0 Å². The van der Waals surface area contributed by atoms with Crippen LogP contribution in [0.2, 0.25) is 0 Å². The number of hydrogen-bond acceptors (Lipinski definition) is 2. The molecule has 0 amide bonds. The molecule has 2 nitrogen and oxygen atoms in total. The lowest BCUT2D eigenvalue weighted by molar-refractivity contribution is 0.0398. The Kier molecular flexibility index (Phi) is 2.42. The molecule has 1 saturated heterocycles. The van der Waals surface area contributed by atoms with Crippen molar-refractivity contribution in [2.45, 2.75) is 38.1 Å². The van der Waals surface area contributed by atoms with Crippen LogP contribution < -0.4 is 0 Å². The van der Waals surface area contributed by atoms with E-state index in [-0.39, 0.29) is 5.41 Å². The third-order valence-electron chi connectivity index (χ3n) is 5.40. The number of phenolic OH excluding ortho intramolecular Hbond substituents is 1. The zero-order chi connectivity index (χ0) is 15.2. The predicted molar refractivity (Wildman–Crippen MR) is 78.5 cm³/mol. The Bertz CT molecular complexity index is 586. The zero-order valence-corrected chi connectivity index (χ0v) is 11.7. The lowest BCUT2D eigenvalue weighted by Crippen LogP contribution is -2.57. The Labute approximate surface area is 118 Å². The van der Waals surface area contributed by atoms with Crippen molar-refractivity contribution < 1.29 is 7.85 Å². The third-order valence-corrected chi connectivity index (χ3v) is 5.40. The number of piperidine rings is 1. The van der Waals surface area contributed by atoms with Gasteiger partial charge in [0.15, 0.2) is 0 Å². The Balaban J connectivity index is 1.98. The lowest BCUT2D eigenvalue weighted by Gasteiger charge is -2.54. The third kappa shape index (κ3) is 1.81. The molecule has 2 heteroatoms. The van der Waals surface area contributed by atoms with Crippen LogP contribution in [0.25, 0.3) is 0 Å². The molecule has 19 heavy (non-hydrogen) atoms. The standard InChI is InChI=1S/C17H23NO/c1-4-8-18-9-7-17(3)12(2)16(18)10-13-5-6-14(19)11-15(13)17/h4-6,11-12,16,19H,1,7-10H2,2-3H3/i1T,4T. The summed E-state index contributed by atoms with van der Waals surface area (Å²) in [7, 11) is 0. The van der Waals surface area contributed by atoms with Crippen LogP contribution in [0.1, 0.15) is 34.1 Å². The Morgan fingerprint density at radius 3 is 3.32 bits per heavy atom. The van der Waals surface area contributed by atoms with Crippen molar-refractivity contribution in [2.24, 2.45) is 5.92 Å². The van der Waals surface area contributed by atoms with Crippen LogP contribution in [-0.2, 0) is 11.8 Å². The van der Waals surface area contributed by atoms with Gasteiger partial charge in [-0.3, -0.25) is 4.90 Å². The van der Waals surface area contributed by atoms with Crippen LogP contribution >= 0.6 is 0 Å². The van der Waals surface area contributed by atoms with Gasteiger partial charge in [0, 0.05) is 12.6 Å². The maximum atomic E-state index is 9.83. The van der Waals surface area contributed by atoms with Crippen molar-refractivity contribution in [3.05, 3.63) is 41.9 Å². The van der Waals surface area contributed by atoms with Gasteiger partial charge in [-0.15, -0.1) is 6.55 Å². The van der Waals surface area contributed by atoms with Crippen molar-refractivity contribution in [1.29, 1.82) is 0 Å². The Morgan fingerprint density at radius 2 is 2.53 bits per heavy atom. The van der Waals surface area contributed by atoms with Gasteiger partial charge in [0.25, 0.3) is 0 Å². The van der Waals surface area contributed by atoms with Crippen molar-refractivity contribution in [1.82, 2.24) is 4.90 Å². The number of hydrogen-bond donors (Lipinski definition) is 1. The van der Waals surface area contributed by atoms with E-state index in [0.29, 0.717) is 30.3 Å². The summed E-state index contributed by atoms with van der Waals surface area (Å²) in [5.41, 5.74) is 2.72. The number of likely N-dealkylation sites (tertiary alicyclic amines) is 1. The van der Waals surface area contributed by atoms with E-state index in [2.05, 4.69) is 18.7 Å². The summed E-state index contributed by atoms with van der Waals surface area (Å²) in [6.07, 6.45) is 2.00. The maximum absolute atomic E-state index is 9.83. The van der Waals surface area contributed by atoms with Gasteiger partial charge in [0.05, 0.1) is 2.74 Å². The molecule has 0 aromatic heterocycles. The molecule has 1 aromatic rings. The smallest absolute Gasteiger partial charge is 0.115 e. The molecule has 0 radical (unpaired) electrons. The molecule has 0 saturated carbocycles. The predicted octanol–water partition coefficient (Wildman–Crippen LogP) is 3.10. The van der Waals surface area contributed by atoms with E-state index < -0.39 is 0 Å². The van der Waals surface area contributed by atoms with Crippen LogP contribution in [-0.4, -0.2) is 29.1 Å². The van der Waals surface area contributed by atoms with E-state index in [1.807, 2.05) is 12.1 Å². The van der Waals surface area contributed by atoms with Crippen molar-refractivity contribution in [2.75, 3.05) is 13.1 Å². The molecule has 3 rings (SSSR count). The van der Waals surface area contributed by atoms with Crippen molar-refractivity contribution >= 4 is 0 Å². The minimum atomic E-state index is 0.0976. The first kappa shape index (κ1) is 10.5. The molecule has 1 N–H and O–H groups in total. The number of benzene rings is 1. The Morgan fingerprint density at radius 1 is 1.68 bits per heavy atom. The molecular formula is C17H23NO. The highest BCUT2D eigenvalue weighted by Gasteiger charge is 2.48. The lowest BCUT2D eigenvalue weighted by atomic mass is 9.59. The average Bonchev–Trinajstić information content (AvgIpc) is 2.46. The molecule has 2 bridgehead atoms. The molecule has 1 heterocycles. The summed E-state index contributed by atoms with van der Waals surface area (Å²) >= 11 is 0. The average molecular weight is 261 g/mol. The quantitative estimate of drug-likeness (QED) is 0.827. The second-order valence-electron chi connectivity index (χ2n) is 6.24. The first-order valence-corrected chi connectivity index (χ1v) is 7.06. The monoisotopic (exact) mass is 261 g/mol. The van der Waals surface area contributed by atoms with Gasteiger partial charge in [0.1, 0.15) is 5.75 Å². The van der Waals surface area contributed by atoms with Crippen LogP contribution in [0.5, 0.6) is 5.75 Å². The first-order valence-electron chi connectivity index (χ1n) is 8.14. The van der Waals surface area contributed by atoms with E-state index in [1.54, 1.807) is 6.07 Å². The van der Waals surface area contributed by atoms with Crippen LogP contribution in [0, 0.1) is 5.92 Å². The highest BCUT2D eigenvalue weighted by Crippen LogP contribution is 2.49. The normalized spacial score (nSPS) is 36.4. The fourth-order valence-corrected chi connectivity index (χ4v) is 4.01. The minimum Gasteiger partial charge on any atom is -0.508 e. The van der Waals surface area contributed by atoms with Crippen LogP contribution in [0.4, 0.5) is 0 Å². The minimum absolute atomic E-state index is 0.0976. The summed E-state index contributed by atoms with van der Waals surface area (Å²) in [5, 5.41) is 9.83. The Hall–Kier alpha value is -1.28. The van der Waals surface area contributed by atoms with Gasteiger partial charge in [-0.25, -0.2) is 0 Å². The molecule has 3 atom stereocenters. The number of aromatic hydroxyl groups is 1. The van der Waals surface area contributed by atoms with Crippen molar-refractivity contribution in [3.8, 4) is 5.75 Å². The summed E-state index contributed by atoms with van der Waals surface area (Å²) in [6, 6.07) is 6.56. The zero-order valence-electron chi connectivity index (χ0n) is 13.7. The van der Waals surface area contributed by atoms with E-state index in [9.17, 15) is 5.11 Å². The van der Waals surface area contributed by atoms with E-state index in [1.165, 1.54) is 11.1 Å². The van der Waals surface area contributed by atoms with Gasteiger partial charge in [0.2, 0.25) is 0 Å². The van der Waals surface area contributed by atoms with E-state index >= 15 is 0 Å². The second kappa shape index (κ2) is 4.38. The summed E-state index contributed by atoms with van der Waals surface area (Å²) < 4.78 is 15.0. The van der Waals surface area contributed by atoms with Gasteiger partial charge in [-0.05, 0) is 54.0 Å². The topological polar surface area (TPSA) is 23.5 Å². The number of fused-ring (bicyclic) bond motifs is 4.